The lowest BCUT2D eigenvalue weighted by Gasteiger charge is -2.06. The van der Waals surface area contributed by atoms with E-state index < -0.39 is 0 Å². The van der Waals surface area contributed by atoms with Crippen LogP contribution in [0.2, 0.25) is 0 Å². The Balaban J connectivity index is 2.28. The zero-order chi connectivity index (χ0) is 12.8. The lowest BCUT2D eigenvalue weighted by molar-refractivity contribution is 1.01. The Morgan fingerprint density at radius 1 is 1.00 bits per heavy atom. The first-order valence-corrected chi connectivity index (χ1v) is 5.72. The Bertz CT molecular complexity index is 535. The molecule has 18 heavy (non-hydrogen) atoms. The fraction of sp³-hybridized carbons (Fsp3) is 0.0714. The van der Waals surface area contributed by atoms with Crippen LogP contribution in [0.3, 0.4) is 0 Å². The third kappa shape index (κ3) is 3.09. The third-order valence-electron chi connectivity index (χ3n) is 2.62. The van der Waals surface area contributed by atoms with Gasteiger partial charge in [0.25, 0.3) is 0 Å². The summed E-state index contributed by atoms with van der Waals surface area (Å²) >= 11 is 0. The van der Waals surface area contributed by atoms with Crippen LogP contribution in [0.1, 0.15) is 11.1 Å². The number of para-hydroxylation sites is 1. The second-order valence-corrected chi connectivity index (χ2v) is 3.93. The molecule has 0 atom stereocenters. The molecule has 0 aromatic heterocycles. The van der Waals surface area contributed by atoms with E-state index in [0.717, 1.165) is 17.7 Å². The largest absolute Gasteiger partial charge is 0.369 e. The predicted octanol–water partition coefficient (Wildman–Crippen LogP) is 1.69. The molecule has 5 N–H and O–H groups in total. The molecule has 0 spiro atoms. The fourth-order valence-electron chi connectivity index (χ4n) is 1.75. The Morgan fingerprint density at radius 3 is 2.39 bits per heavy atom. The molecule has 0 radical (unpaired) electrons. The number of hydrogen-bond donors (Lipinski definition) is 3. The van der Waals surface area contributed by atoms with Crippen molar-refractivity contribution < 1.29 is 0 Å². The van der Waals surface area contributed by atoms with Gasteiger partial charge in [0.1, 0.15) is 0 Å². The van der Waals surface area contributed by atoms with Crippen LogP contribution in [0.5, 0.6) is 0 Å². The van der Waals surface area contributed by atoms with Crippen LogP contribution in [0.15, 0.2) is 59.6 Å². The van der Waals surface area contributed by atoms with Crippen molar-refractivity contribution in [1.82, 2.24) is 5.43 Å². The summed E-state index contributed by atoms with van der Waals surface area (Å²) in [6.45, 7) is 0. The lowest BCUT2D eigenvalue weighted by Crippen LogP contribution is -2.36. The Labute approximate surface area is 106 Å². The van der Waals surface area contributed by atoms with Gasteiger partial charge in [-0.05, 0) is 23.6 Å². The Kier molecular flexibility index (Phi) is 3.94. The van der Waals surface area contributed by atoms with Gasteiger partial charge in [0.15, 0.2) is 0 Å². The number of aliphatic imine (C=N–C) groups is 1. The number of nitrogens with one attached hydrogen (secondary N) is 1. The lowest BCUT2D eigenvalue weighted by atomic mass is 10.0. The molecule has 2 aromatic carbocycles. The van der Waals surface area contributed by atoms with Gasteiger partial charge in [0, 0.05) is 0 Å². The highest BCUT2D eigenvalue weighted by atomic mass is 15.3. The Morgan fingerprint density at radius 2 is 1.67 bits per heavy atom. The summed E-state index contributed by atoms with van der Waals surface area (Å²) in [4.78, 5) is 4.23. The first-order chi connectivity index (χ1) is 8.79. The SMILES string of the molecule is NNC(N)=Nc1ccccc1Cc1ccccc1. The Hall–Kier alpha value is -2.33. The maximum atomic E-state index is 5.58. The van der Waals surface area contributed by atoms with E-state index in [4.69, 9.17) is 11.6 Å². The molecule has 0 fully saturated rings. The molecule has 0 aliphatic rings. The number of benzene rings is 2. The normalized spacial score (nSPS) is 11.3. The second kappa shape index (κ2) is 5.84. The highest BCUT2D eigenvalue weighted by Gasteiger charge is 2.02. The second-order valence-electron chi connectivity index (χ2n) is 3.93. The molecule has 4 heteroatoms. The predicted molar refractivity (Wildman–Crippen MR) is 74.3 cm³/mol. The van der Waals surface area contributed by atoms with Gasteiger partial charge in [-0.2, -0.15) is 0 Å². The van der Waals surface area contributed by atoms with Crippen LogP contribution >= 0.6 is 0 Å². The van der Waals surface area contributed by atoms with Gasteiger partial charge in [-0.1, -0.05) is 48.5 Å². The number of rotatable bonds is 3. The highest BCUT2D eigenvalue weighted by Crippen LogP contribution is 2.21. The number of nitrogens with zero attached hydrogens (tertiary/aromatic N) is 1. The molecule has 0 unspecified atom stereocenters. The molecule has 2 rings (SSSR count). The highest BCUT2D eigenvalue weighted by molar-refractivity contribution is 5.80. The van der Waals surface area contributed by atoms with Crippen molar-refractivity contribution in [3.05, 3.63) is 65.7 Å². The van der Waals surface area contributed by atoms with Gasteiger partial charge in [-0.3, -0.25) is 5.43 Å². The quantitative estimate of drug-likeness (QED) is 0.331. The van der Waals surface area contributed by atoms with E-state index >= 15 is 0 Å². The first kappa shape index (κ1) is 12.1. The molecular weight excluding hydrogens is 224 g/mol. The van der Waals surface area contributed by atoms with Crippen LogP contribution < -0.4 is 17.0 Å². The first-order valence-electron chi connectivity index (χ1n) is 5.72. The van der Waals surface area contributed by atoms with E-state index in [0.29, 0.717) is 0 Å². The molecule has 4 nitrogen and oxygen atoms in total. The van der Waals surface area contributed by atoms with E-state index in [1.807, 2.05) is 42.5 Å². The van der Waals surface area contributed by atoms with Gasteiger partial charge < -0.3 is 5.73 Å². The summed E-state index contributed by atoms with van der Waals surface area (Å²) in [6.07, 6.45) is 0.818. The summed E-state index contributed by atoms with van der Waals surface area (Å²) in [6, 6.07) is 18.1. The standard InChI is InChI=1S/C14H16N4/c15-14(18-16)17-13-9-5-4-8-12(13)10-11-6-2-1-3-7-11/h1-9H,10,16H2,(H3,15,17,18). The number of hydrazine groups is 1. The maximum absolute atomic E-state index is 5.58. The minimum atomic E-state index is 0.204. The van der Waals surface area contributed by atoms with Crippen LogP contribution in [0.25, 0.3) is 0 Å². The average molecular weight is 240 g/mol. The molecule has 0 saturated heterocycles. The van der Waals surface area contributed by atoms with Crippen molar-refractivity contribution in [3.8, 4) is 0 Å². The molecule has 0 saturated carbocycles. The summed E-state index contributed by atoms with van der Waals surface area (Å²) in [5, 5.41) is 0. The number of hydrogen-bond acceptors (Lipinski definition) is 2. The van der Waals surface area contributed by atoms with Gasteiger partial charge in [0.2, 0.25) is 5.96 Å². The van der Waals surface area contributed by atoms with Crippen molar-refractivity contribution in [3.63, 3.8) is 0 Å². The van der Waals surface area contributed by atoms with E-state index in [2.05, 4.69) is 22.6 Å². The van der Waals surface area contributed by atoms with E-state index in [1.54, 1.807) is 0 Å². The monoisotopic (exact) mass is 240 g/mol. The van der Waals surface area contributed by atoms with Crippen molar-refractivity contribution in [2.24, 2.45) is 16.6 Å². The van der Waals surface area contributed by atoms with Crippen LogP contribution in [0.4, 0.5) is 5.69 Å². The zero-order valence-corrected chi connectivity index (χ0v) is 10.0. The number of nitrogens with two attached hydrogens (primary N) is 2. The number of guanidine groups is 1. The molecule has 0 heterocycles. The fourth-order valence-corrected chi connectivity index (χ4v) is 1.75. The minimum absolute atomic E-state index is 0.204. The van der Waals surface area contributed by atoms with Crippen LogP contribution in [-0.2, 0) is 6.42 Å². The minimum Gasteiger partial charge on any atom is -0.369 e. The summed E-state index contributed by atoms with van der Waals surface area (Å²) in [5.41, 5.74) is 11.1. The topological polar surface area (TPSA) is 76.4 Å². The molecule has 92 valence electrons. The van der Waals surface area contributed by atoms with Crippen LogP contribution in [-0.4, -0.2) is 5.96 Å². The summed E-state index contributed by atoms with van der Waals surface area (Å²) < 4.78 is 0. The zero-order valence-electron chi connectivity index (χ0n) is 10.0. The molecular formula is C14H16N4. The van der Waals surface area contributed by atoms with Crippen molar-refractivity contribution >= 4 is 11.6 Å². The van der Waals surface area contributed by atoms with E-state index in [9.17, 15) is 0 Å². The smallest absolute Gasteiger partial charge is 0.208 e. The molecule has 0 bridgehead atoms. The summed E-state index contributed by atoms with van der Waals surface area (Å²) in [5.74, 6) is 5.42. The van der Waals surface area contributed by atoms with Crippen molar-refractivity contribution in [2.75, 3.05) is 0 Å². The maximum Gasteiger partial charge on any atom is 0.208 e. The van der Waals surface area contributed by atoms with Crippen molar-refractivity contribution in [1.29, 1.82) is 0 Å². The molecule has 0 aliphatic carbocycles. The third-order valence-corrected chi connectivity index (χ3v) is 2.62. The summed E-state index contributed by atoms with van der Waals surface area (Å²) in [7, 11) is 0. The van der Waals surface area contributed by atoms with E-state index in [1.165, 1.54) is 5.56 Å². The van der Waals surface area contributed by atoms with Gasteiger partial charge in [-0.15, -0.1) is 0 Å². The van der Waals surface area contributed by atoms with Gasteiger partial charge >= 0.3 is 0 Å². The van der Waals surface area contributed by atoms with Crippen molar-refractivity contribution in [2.45, 2.75) is 6.42 Å². The van der Waals surface area contributed by atoms with Gasteiger partial charge in [-0.25, -0.2) is 10.8 Å². The van der Waals surface area contributed by atoms with Gasteiger partial charge in [0.05, 0.1) is 5.69 Å². The molecule has 0 amide bonds. The van der Waals surface area contributed by atoms with E-state index in [-0.39, 0.29) is 5.96 Å². The molecule has 0 aliphatic heterocycles. The molecule has 2 aromatic rings. The average Bonchev–Trinajstić information content (AvgIpc) is 2.42. The van der Waals surface area contributed by atoms with Crippen LogP contribution in [0, 0.1) is 0 Å².